The molecule has 0 N–H and O–H groups in total. The maximum absolute atomic E-state index is 11.1. The quantitative estimate of drug-likeness (QED) is 0.124. The Morgan fingerprint density at radius 3 is 1.54 bits per heavy atom. The zero-order valence-corrected chi connectivity index (χ0v) is 16.3. The van der Waals surface area contributed by atoms with E-state index < -0.39 is 6.16 Å². The number of hydrogen-bond donors (Lipinski definition) is 0. The molecule has 0 bridgehead atoms. The average molecular weight is 345 g/mol. The minimum absolute atomic E-state index is 0.140. The Bertz CT molecular complexity index is 266. The molecule has 0 aliphatic carbocycles. The lowest BCUT2D eigenvalue weighted by atomic mass is 10.0. The van der Waals surface area contributed by atoms with Gasteiger partial charge in [-0.2, -0.15) is 4.89 Å². The van der Waals surface area contributed by atoms with E-state index in [1.54, 1.807) is 13.8 Å². The van der Waals surface area contributed by atoms with E-state index in [-0.39, 0.29) is 6.10 Å². The van der Waals surface area contributed by atoms with Gasteiger partial charge in [0, 0.05) is 0 Å². The Labute approximate surface area is 149 Å². The SMILES string of the molecule is CCCCCCCCCCCCCCCCOC(=O)OOC(C)C. The second-order valence-electron chi connectivity index (χ2n) is 6.92. The minimum Gasteiger partial charge on any atom is -0.432 e. The lowest BCUT2D eigenvalue weighted by molar-refractivity contribution is -0.278. The van der Waals surface area contributed by atoms with Crippen LogP contribution in [0.2, 0.25) is 0 Å². The van der Waals surface area contributed by atoms with Crippen LogP contribution >= 0.6 is 0 Å². The molecule has 4 nitrogen and oxygen atoms in total. The first kappa shape index (κ1) is 23.2. The molecule has 24 heavy (non-hydrogen) atoms. The molecule has 0 saturated carbocycles. The molecule has 0 aliphatic heterocycles. The molecule has 0 unspecified atom stereocenters. The van der Waals surface area contributed by atoms with Crippen LogP contribution in [0.5, 0.6) is 0 Å². The van der Waals surface area contributed by atoms with Gasteiger partial charge in [0.15, 0.2) is 0 Å². The third-order valence-electron chi connectivity index (χ3n) is 4.03. The molecule has 0 amide bonds. The van der Waals surface area contributed by atoms with Gasteiger partial charge in [0.05, 0.1) is 12.7 Å². The summed E-state index contributed by atoms with van der Waals surface area (Å²) < 4.78 is 4.91. The molecule has 4 heteroatoms. The van der Waals surface area contributed by atoms with Gasteiger partial charge >= 0.3 is 6.16 Å². The van der Waals surface area contributed by atoms with Crippen LogP contribution in [0.3, 0.4) is 0 Å². The second-order valence-corrected chi connectivity index (χ2v) is 6.92. The van der Waals surface area contributed by atoms with Gasteiger partial charge in [-0.15, -0.1) is 0 Å². The Kier molecular flexibility index (Phi) is 18.0. The number of unbranched alkanes of at least 4 members (excludes halogenated alkanes) is 13. The van der Waals surface area contributed by atoms with Crippen molar-refractivity contribution in [3.8, 4) is 0 Å². The summed E-state index contributed by atoms with van der Waals surface area (Å²) in [6.45, 7) is 6.27. The third-order valence-corrected chi connectivity index (χ3v) is 4.03. The lowest BCUT2D eigenvalue weighted by Gasteiger charge is -2.06. The number of rotatable bonds is 17. The third kappa shape index (κ3) is 19.3. The van der Waals surface area contributed by atoms with Crippen LogP contribution in [0.4, 0.5) is 4.79 Å². The summed E-state index contributed by atoms with van der Waals surface area (Å²) in [5.41, 5.74) is 0. The van der Waals surface area contributed by atoms with Crippen molar-refractivity contribution in [1.29, 1.82) is 0 Å². The van der Waals surface area contributed by atoms with Crippen LogP contribution in [-0.2, 0) is 14.5 Å². The molecule has 0 aromatic carbocycles. The fourth-order valence-electron chi connectivity index (χ4n) is 2.61. The van der Waals surface area contributed by atoms with Gasteiger partial charge in [0.1, 0.15) is 0 Å². The molecule has 0 aromatic heterocycles. The molecule has 144 valence electrons. The predicted octanol–water partition coefficient (Wildman–Crippen LogP) is 6.96. The summed E-state index contributed by atoms with van der Waals surface area (Å²) >= 11 is 0. The monoisotopic (exact) mass is 344 g/mol. The van der Waals surface area contributed by atoms with Crippen LogP contribution in [-0.4, -0.2) is 18.9 Å². The van der Waals surface area contributed by atoms with Crippen molar-refractivity contribution in [2.24, 2.45) is 0 Å². The van der Waals surface area contributed by atoms with Crippen molar-refractivity contribution in [1.82, 2.24) is 0 Å². The highest BCUT2D eigenvalue weighted by Gasteiger charge is 2.06. The summed E-state index contributed by atoms with van der Waals surface area (Å²) in [6, 6.07) is 0. The summed E-state index contributed by atoms with van der Waals surface area (Å²) in [5, 5.41) is 0. The molecule has 0 spiro atoms. The van der Waals surface area contributed by atoms with Gasteiger partial charge in [-0.3, -0.25) is 4.89 Å². The molecular weight excluding hydrogens is 304 g/mol. The normalized spacial score (nSPS) is 11.0. The zero-order chi connectivity index (χ0) is 17.9. The van der Waals surface area contributed by atoms with Gasteiger partial charge in [-0.1, -0.05) is 90.4 Å². The average Bonchev–Trinajstić information content (AvgIpc) is 2.56. The number of carbonyl (C=O) groups is 1. The number of ether oxygens (including phenoxy) is 1. The molecule has 0 atom stereocenters. The standard InChI is InChI=1S/C20H40O4/c1-4-5-6-7-8-9-10-11-12-13-14-15-16-17-18-22-20(21)24-23-19(2)3/h19H,4-18H2,1-3H3. The van der Waals surface area contributed by atoms with Crippen LogP contribution in [0, 0.1) is 0 Å². The molecule has 0 aromatic rings. The topological polar surface area (TPSA) is 44.8 Å². The van der Waals surface area contributed by atoms with Crippen molar-refractivity contribution < 1.29 is 19.3 Å². The van der Waals surface area contributed by atoms with E-state index in [0.29, 0.717) is 6.61 Å². The molecule has 0 aliphatic rings. The number of hydrogen-bond acceptors (Lipinski definition) is 4. The van der Waals surface area contributed by atoms with Gasteiger partial charge in [-0.05, 0) is 20.3 Å². The van der Waals surface area contributed by atoms with Crippen LogP contribution < -0.4 is 0 Å². The van der Waals surface area contributed by atoms with E-state index >= 15 is 0 Å². The van der Waals surface area contributed by atoms with Gasteiger partial charge in [-0.25, -0.2) is 4.79 Å². The van der Waals surface area contributed by atoms with Crippen molar-refractivity contribution in [3.05, 3.63) is 0 Å². The highest BCUT2D eigenvalue weighted by Crippen LogP contribution is 2.12. The largest absolute Gasteiger partial charge is 0.540 e. The van der Waals surface area contributed by atoms with E-state index in [1.807, 2.05) is 0 Å². The highest BCUT2D eigenvalue weighted by atomic mass is 17.2. The van der Waals surface area contributed by atoms with Crippen LogP contribution in [0.15, 0.2) is 0 Å². The van der Waals surface area contributed by atoms with Gasteiger partial charge < -0.3 is 4.74 Å². The van der Waals surface area contributed by atoms with Crippen molar-refractivity contribution in [3.63, 3.8) is 0 Å². The Hall–Kier alpha value is -0.770. The summed E-state index contributed by atoms with van der Waals surface area (Å²) in [6.07, 6.45) is 17.5. The van der Waals surface area contributed by atoms with E-state index in [4.69, 9.17) is 9.62 Å². The summed E-state index contributed by atoms with van der Waals surface area (Å²) in [4.78, 5) is 20.3. The number of carbonyl (C=O) groups excluding carboxylic acids is 1. The predicted molar refractivity (Wildman–Crippen MR) is 99.0 cm³/mol. The van der Waals surface area contributed by atoms with Crippen molar-refractivity contribution in [2.75, 3.05) is 6.61 Å². The first-order valence-electron chi connectivity index (χ1n) is 10.2. The lowest BCUT2D eigenvalue weighted by Crippen LogP contribution is -2.12. The molecule has 0 fully saturated rings. The summed E-state index contributed by atoms with van der Waals surface area (Å²) in [7, 11) is 0. The fraction of sp³-hybridized carbons (Fsp3) is 0.950. The van der Waals surface area contributed by atoms with E-state index in [1.165, 1.54) is 77.0 Å². The maximum Gasteiger partial charge on any atom is 0.540 e. The van der Waals surface area contributed by atoms with Crippen molar-refractivity contribution >= 4 is 6.16 Å². The zero-order valence-electron chi connectivity index (χ0n) is 16.3. The molecule has 0 rings (SSSR count). The van der Waals surface area contributed by atoms with E-state index in [2.05, 4.69) is 11.8 Å². The first-order valence-corrected chi connectivity index (χ1v) is 10.2. The minimum atomic E-state index is -0.738. The van der Waals surface area contributed by atoms with Gasteiger partial charge in [0.25, 0.3) is 0 Å². The van der Waals surface area contributed by atoms with E-state index in [0.717, 1.165) is 12.8 Å². The van der Waals surface area contributed by atoms with E-state index in [9.17, 15) is 4.79 Å². The Morgan fingerprint density at radius 1 is 0.708 bits per heavy atom. The Balaban J connectivity index is 3.08. The highest BCUT2D eigenvalue weighted by molar-refractivity contribution is 5.58. The van der Waals surface area contributed by atoms with Crippen LogP contribution in [0.25, 0.3) is 0 Å². The Morgan fingerprint density at radius 2 is 1.12 bits per heavy atom. The second kappa shape index (κ2) is 18.6. The van der Waals surface area contributed by atoms with Crippen LogP contribution in [0.1, 0.15) is 111 Å². The van der Waals surface area contributed by atoms with Crippen molar-refractivity contribution in [2.45, 2.75) is 117 Å². The first-order chi connectivity index (χ1) is 11.7. The fourth-order valence-corrected chi connectivity index (χ4v) is 2.61. The molecular formula is C20H40O4. The maximum atomic E-state index is 11.1. The summed E-state index contributed by atoms with van der Waals surface area (Å²) in [5.74, 6) is 0. The molecule has 0 radical (unpaired) electrons. The van der Waals surface area contributed by atoms with Gasteiger partial charge in [0.2, 0.25) is 0 Å². The smallest absolute Gasteiger partial charge is 0.432 e. The molecule has 0 heterocycles. The molecule has 0 saturated heterocycles.